The highest BCUT2D eigenvalue weighted by molar-refractivity contribution is 8.16. The number of thioether (sulfide) groups is 2. The van der Waals surface area contributed by atoms with Crippen molar-refractivity contribution in [3.05, 3.63) is 97.3 Å². The molecular formula is C54H72N12O11S2. The third-order valence-electron chi connectivity index (χ3n) is 12.9. The molecule has 4 rings (SSSR count). The number of esters is 2. The summed E-state index contributed by atoms with van der Waals surface area (Å²) in [5.41, 5.74) is 0.648. The van der Waals surface area contributed by atoms with Crippen LogP contribution in [0.4, 0.5) is 0 Å². The number of aromatic nitrogens is 2. The minimum absolute atomic E-state index is 0.109. The van der Waals surface area contributed by atoms with Crippen LogP contribution in [0.1, 0.15) is 52.0 Å². The SMILES string of the molecule is C=C\C=C/C=C\C=N/C=C(\N=C)C(=O)NC1COC(=O)C(C(C)C)N(C)C(=O)C2CSC(SC)C(C(=O)N(C)C(C(C)C)C(=O)OCC(NC(=O)c3cnc4ccccc4n3)C(=O)NC(C)C(=C)N2C)N(C)C(=O)C(C)NC1=O. The zero-order valence-electron chi connectivity index (χ0n) is 46.4. The van der Waals surface area contributed by atoms with Crippen molar-refractivity contribution >= 4 is 101 Å². The van der Waals surface area contributed by atoms with Gasteiger partial charge in [-0.2, -0.15) is 0 Å². The highest BCUT2D eigenvalue weighted by Gasteiger charge is 2.45. The maximum atomic E-state index is 15.3. The first-order valence-corrected chi connectivity index (χ1v) is 27.5. The number of aliphatic imine (C=N–C) groups is 2. The summed E-state index contributed by atoms with van der Waals surface area (Å²) in [6, 6.07) is -3.99. The summed E-state index contributed by atoms with van der Waals surface area (Å²) in [6.45, 7) is 19.4. The third kappa shape index (κ3) is 16.7. The highest BCUT2D eigenvalue weighted by Crippen LogP contribution is 2.33. The molecule has 426 valence electrons. The highest BCUT2D eigenvalue weighted by atomic mass is 32.2. The van der Waals surface area contributed by atoms with E-state index < -0.39 is 131 Å². The van der Waals surface area contributed by atoms with Crippen LogP contribution in [0.5, 0.6) is 0 Å². The molecule has 25 heteroatoms. The standard InChI is InChI=1S/C54H72N12O11S2/c1-15-16-17-18-21-24-56-25-37(55-9)45(67)61-40-28-76-52(74)42(30(2)3)64(11)50(72)41-29-79-54(78-14)44(66(13)49(71)33(7)59-48(40)70)51(73)65(12)43(31(4)5)53(75)77-27-39(47(69)58-32(6)34(8)63(41)10)62-46(68)38-26-57-35-22-19-20-23-36(35)60-38/h15-26,30-33,39-44,54H,1,8-9,27-29H2,2-7,10-14H3,(H,58,69)(H,59,70)(H,61,67)(H,62,68)/b17-16-,21-18-,37-25-,56-24-. The van der Waals surface area contributed by atoms with Gasteiger partial charge < -0.3 is 50.3 Å². The third-order valence-corrected chi connectivity index (χ3v) is 15.7. The lowest BCUT2D eigenvalue weighted by Gasteiger charge is -2.40. The summed E-state index contributed by atoms with van der Waals surface area (Å²) < 4.78 is 10.7. The molecule has 4 N–H and O–H groups in total. The Morgan fingerprint density at radius 2 is 1.34 bits per heavy atom. The van der Waals surface area contributed by atoms with Gasteiger partial charge in [-0.05, 0) is 56.9 Å². The number of cyclic esters (lactones) is 2. The zero-order chi connectivity index (χ0) is 58.8. The van der Waals surface area contributed by atoms with Gasteiger partial charge >= 0.3 is 11.9 Å². The summed E-state index contributed by atoms with van der Waals surface area (Å²) in [4.78, 5) is 151. The van der Waals surface area contributed by atoms with Crippen molar-refractivity contribution in [2.24, 2.45) is 21.8 Å². The number of ether oxygens (including phenoxy) is 2. The molecule has 0 radical (unpaired) electrons. The lowest BCUT2D eigenvalue weighted by atomic mass is 10.0. The quantitative estimate of drug-likeness (QED) is 0.103. The molecule has 1 aromatic heterocycles. The predicted octanol–water partition coefficient (Wildman–Crippen LogP) is 2.28. The number of rotatable bonds is 12. The molecule has 0 saturated carbocycles. The fraction of sp³-hybridized carbons (Fsp3) is 0.463. The second-order valence-corrected chi connectivity index (χ2v) is 21.7. The molecule has 0 spiro atoms. The number of nitrogens with zero attached hydrogens (tertiary/aromatic N) is 8. The Kier molecular flexibility index (Phi) is 24.2. The Hall–Kier alpha value is -7.67. The number of carbonyl (C=O) groups excluding carboxylic acids is 9. The van der Waals surface area contributed by atoms with E-state index in [9.17, 15) is 33.6 Å². The summed E-state index contributed by atoms with van der Waals surface area (Å²) >= 11 is 2.31. The average Bonchev–Trinajstić information content (AvgIpc) is 3.42. The van der Waals surface area contributed by atoms with Crippen molar-refractivity contribution in [2.75, 3.05) is 53.4 Å². The lowest BCUT2D eigenvalue weighted by molar-refractivity contribution is -0.159. The summed E-state index contributed by atoms with van der Waals surface area (Å²) in [6.07, 6.45) is 13.6. The fourth-order valence-corrected chi connectivity index (χ4v) is 11.0. The first-order chi connectivity index (χ1) is 37.4. The average molecular weight is 1130 g/mol. The van der Waals surface area contributed by atoms with Crippen molar-refractivity contribution in [1.29, 1.82) is 0 Å². The molecule has 23 nitrogen and oxygen atoms in total. The minimum Gasteiger partial charge on any atom is -0.461 e. The Morgan fingerprint density at radius 3 is 1.91 bits per heavy atom. The molecule has 2 saturated heterocycles. The smallest absolute Gasteiger partial charge is 0.329 e. The molecule has 2 bridgehead atoms. The molecule has 7 amide bonds. The Labute approximate surface area is 469 Å². The number of para-hydroxylation sites is 2. The number of allylic oxidation sites excluding steroid dienone is 5. The van der Waals surface area contributed by atoms with E-state index in [2.05, 4.69) is 61.1 Å². The number of likely N-dealkylation sites (N-methyl/N-ethyl adjacent to an activating group) is 4. The van der Waals surface area contributed by atoms with E-state index in [1.165, 1.54) is 62.0 Å². The number of amides is 7. The number of carbonyl (C=O) groups is 9. The fourth-order valence-electron chi connectivity index (χ4n) is 8.47. The molecule has 2 aromatic rings. The van der Waals surface area contributed by atoms with Gasteiger partial charge in [0.15, 0.2) is 0 Å². The zero-order valence-corrected chi connectivity index (χ0v) is 48.0. The van der Waals surface area contributed by atoms with E-state index in [1.54, 1.807) is 103 Å². The van der Waals surface area contributed by atoms with Crippen LogP contribution >= 0.6 is 23.5 Å². The molecule has 79 heavy (non-hydrogen) atoms. The largest absolute Gasteiger partial charge is 0.461 e. The van der Waals surface area contributed by atoms with Crippen molar-refractivity contribution in [3.8, 4) is 0 Å². The van der Waals surface area contributed by atoms with Gasteiger partial charge in [-0.1, -0.05) is 77.3 Å². The van der Waals surface area contributed by atoms with Crippen LogP contribution in [-0.2, 0) is 47.8 Å². The van der Waals surface area contributed by atoms with Crippen molar-refractivity contribution in [1.82, 2.24) is 50.8 Å². The van der Waals surface area contributed by atoms with Crippen molar-refractivity contribution in [3.63, 3.8) is 0 Å². The van der Waals surface area contributed by atoms with Gasteiger partial charge in [0, 0.05) is 45.9 Å². The number of fused-ring (bicyclic) bond motifs is 5. The van der Waals surface area contributed by atoms with Crippen molar-refractivity contribution < 1.29 is 52.6 Å². The van der Waals surface area contributed by atoms with Crippen LogP contribution in [0.3, 0.4) is 0 Å². The van der Waals surface area contributed by atoms with Crippen LogP contribution in [0.2, 0.25) is 0 Å². The number of hydrogen-bond acceptors (Lipinski definition) is 18. The Bertz CT molecular complexity index is 2770. The van der Waals surface area contributed by atoms with Gasteiger partial charge in [0.05, 0.1) is 34.1 Å². The summed E-state index contributed by atoms with van der Waals surface area (Å²) in [5, 5.41) is 10.5. The van der Waals surface area contributed by atoms with Crippen LogP contribution in [-0.4, -0.2) is 202 Å². The normalized spacial score (nSPS) is 25.5. The van der Waals surface area contributed by atoms with Crippen LogP contribution in [0.25, 0.3) is 11.0 Å². The van der Waals surface area contributed by atoms with E-state index in [4.69, 9.17) is 9.47 Å². The van der Waals surface area contributed by atoms with Crippen LogP contribution in [0.15, 0.2) is 102 Å². The van der Waals surface area contributed by atoms with Gasteiger partial charge in [-0.15, -0.1) is 23.5 Å². The second-order valence-electron chi connectivity index (χ2n) is 19.2. The van der Waals surface area contributed by atoms with Gasteiger partial charge in [-0.25, -0.2) is 14.6 Å². The second kappa shape index (κ2) is 29.9. The maximum Gasteiger partial charge on any atom is 0.329 e. The Balaban J connectivity index is 1.88. The molecule has 1 aromatic carbocycles. The first kappa shape index (κ1) is 63.9. The number of nitrogens with one attached hydrogen (secondary N) is 4. The number of benzene rings is 1. The topological polar surface area (TPSA) is 284 Å². The molecule has 9 atom stereocenters. The Morgan fingerprint density at radius 1 is 0.785 bits per heavy atom. The monoisotopic (exact) mass is 1130 g/mol. The summed E-state index contributed by atoms with van der Waals surface area (Å²) in [7, 11) is 5.68. The molecule has 0 aliphatic carbocycles. The van der Waals surface area contributed by atoms with E-state index in [1.807, 2.05) is 0 Å². The van der Waals surface area contributed by atoms with E-state index >= 15 is 9.59 Å². The predicted molar refractivity (Wildman–Crippen MR) is 304 cm³/mol. The maximum absolute atomic E-state index is 15.3. The van der Waals surface area contributed by atoms with Crippen molar-refractivity contribution in [2.45, 2.75) is 94.5 Å². The van der Waals surface area contributed by atoms with E-state index in [0.717, 1.165) is 27.8 Å². The number of hydrogen-bond donors (Lipinski definition) is 4. The molecular weight excluding hydrogens is 1060 g/mol. The van der Waals surface area contributed by atoms with Crippen LogP contribution < -0.4 is 21.3 Å². The lowest BCUT2D eigenvalue weighted by Crippen LogP contribution is -2.60. The summed E-state index contributed by atoms with van der Waals surface area (Å²) in [5.74, 6) is -8.96. The van der Waals surface area contributed by atoms with Gasteiger partial charge in [0.25, 0.3) is 11.8 Å². The minimum atomic E-state index is -1.67. The van der Waals surface area contributed by atoms with E-state index in [0.29, 0.717) is 11.0 Å². The molecule has 2 aliphatic rings. The van der Waals surface area contributed by atoms with Gasteiger partial charge in [0.2, 0.25) is 29.5 Å². The molecule has 9 unspecified atom stereocenters. The van der Waals surface area contributed by atoms with Crippen LogP contribution in [0, 0.1) is 11.8 Å². The first-order valence-electron chi connectivity index (χ1n) is 25.2. The molecule has 2 aliphatic heterocycles. The van der Waals surface area contributed by atoms with Gasteiger partial charge in [-0.3, -0.25) is 48.5 Å². The van der Waals surface area contributed by atoms with E-state index in [-0.39, 0.29) is 22.8 Å². The molecule has 2 fully saturated rings. The molecule has 3 heterocycles. The van der Waals surface area contributed by atoms with Gasteiger partial charge in [0.1, 0.15) is 66.9 Å².